The lowest BCUT2D eigenvalue weighted by atomic mass is 10.1. The predicted octanol–water partition coefficient (Wildman–Crippen LogP) is 3.99. The molecule has 0 aromatic heterocycles. The van der Waals surface area contributed by atoms with Crippen molar-refractivity contribution in [2.45, 2.75) is 13.0 Å². The van der Waals surface area contributed by atoms with Crippen molar-refractivity contribution >= 4 is 40.8 Å². The van der Waals surface area contributed by atoms with Crippen LogP contribution in [0.1, 0.15) is 18.5 Å². The Labute approximate surface area is 150 Å². The number of hydrogen-bond donors (Lipinski definition) is 3. The molecule has 2 rings (SSSR count). The van der Waals surface area contributed by atoms with Gasteiger partial charge in [-0.3, -0.25) is 4.79 Å². The Morgan fingerprint density at radius 3 is 2.42 bits per heavy atom. The molecule has 0 heterocycles. The molecule has 0 aliphatic carbocycles. The molecule has 0 aliphatic heterocycles. The number of para-hydroxylation sites is 1. The first kappa shape index (κ1) is 18.1. The standard InChI is InChI=1S/C17H17Cl2N3O2/c1-11(12-7-8-14(18)15(19)9-12)21-16(23)10-20-17(24)22-13-5-3-2-4-6-13/h2-9,11H,10H2,1H3,(H,21,23)(H2,20,22,24). The number of carbonyl (C=O) groups excluding carboxylic acids is 2. The molecule has 5 nitrogen and oxygen atoms in total. The van der Waals surface area contributed by atoms with Gasteiger partial charge in [-0.2, -0.15) is 0 Å². The quantitative estimate of drug-likeness (QED) is 0.749. The van der Waals surface area contributed by atoms with Gasteiger partial charge in [-0.25, -0.2) is 4.79 Å². The average molecular weight is 366 g/mol. The van der Waals surface area contributed by atoms with E-state index in [1.54, 1.807) is 42.5 Å². The number of urea groups is 1. The molecular weight excluding hydrogens is 349 g/mol. The van der Waals surface area contributed by atoms with E-state index in [1.807, 2.05) is 13.0 Å². The fourth-order valence-electron chi connectivity index (χ4n) is 2.01. The molecule has 0 saturated heterocycles. The molecule has 2 aromatic carbocycles. The van der Waals surface area contributed by atoms with Gasteiger partial charge >= 0.3 is 6.03 Å². The van der Waals surface area contributed by atoms with Crippen LogP contribution in [0.4, 0.5) is 10.5 Å². The largest absolute Gasteiger partial charge is 0.348 e. The monoisotopic (exact) mass is 365 g/mol. The second-order valence-electron chi connectivity index (χ2n) is 5.14. The van der Waals surface area contributed by atoms with Crippen molar-refractivity contribution in [2.75, 3.05) is 11.9 Å². The van der Waals surface area contributed by atoms with Crippen LogP contribution in [-0.4, -0.2) is 18.5 Å². The number of nitrogens with one attached hydrogen (secondary N) is 3. The second-order valence-corrected chi connectivity index (χ2v) is 5.95. The molecule has 1 atom stereocenters. The van der Waals surface area contributed by atoms with Crippen LogP contribution in [0.3, 0.4) is 0 Å². The minimum absolute atomic E-state index is 0.135. The third-order valence-electron chi connectivity index (χ3n) is 3.26. The highest BCUT2D eigenvalue weighted by atomic mass is 35.5. The van der Waals surface area contributed by atoms with Crippen LogP contribution in [0.15, 0.2) is 48.5 Å². The Hall–Kier alpha value is -2.24. The average Bonchev–Trinajstić information content (AvgIpc) is 2.56. The molecular formula is C17H17Cl2N3O2. The van der Waals surface area contributed by atoms with Crippen LogP contribution in [-0.2, 0) is 4.79 Å². The maximum atomic E-state index is 11.9. The van der Waals surface area contributed by atoms with Crippen molar-refractivity contribution in [3.8, 4) is 0 Å². The fraction of sp³-hybridized carbons (Fsp3) is 0.176. The van der Waals surface area contributed by atoms with E-state index in [0.717, 1.165) is 5.56 Å². The minimum Gasteiger partial charge on any atom is -0.348 e. The summed E-state index contributed by atoms with van der Waals surface area (Å²) in [6.45, 7) is 1.69. The van der Waals surface area contributed by atoms with E-state index >= 15 is 0 Å². The van der Waals surface area contributed by atoms with Gasteiger partial charge in [-0.15, -0.1) is 0 Å². The summed E-state index contributed by atoms with van der Waals surface area (Å²) in [7, 11) is 0. The van der Waals surface area contributed by atoms with E-state index in [1.165, 1.54) is 0 Å². The lowest BCUT2D eigenvalue weighted by molar-refractivity contribution is -0.120. The smallest absolute Gasteiger partial charge is 0.319 e. The van der Waals surface area contributed by atoms with Gasteiger partial charge in [0.05, 0.1) is 22.6 Å². The van der Waals surface area contributed by atoms with Gasteiger partial charge in [0, 0.05) is 5.69 Å². The summed E-state index contributed by atoms with van der Waals surface area (Å²) in [5.74, 6) is -0.309. The maximum absolute atomic E-state index is 11.9. The first-order chi connectivity index (χ1) is 11.5. The van der Waals surface area contributed by atoms with Gasteiger partial charge in [-0.1, -0.05) is 47.5 Å². The molecule has 1 unspecified atom stereocenters. The summed E-state index contributed by atoms with van der Waals surface area (Å²) < 4.78 is 0. The molecule has 0 aliphatic rings. The van der Waals surface area contributed by atoms with Gasteiger partial charge in [-0.05, 0) is 36.8 Å². The molecule has 0 fully saturated rings. The topological polar surface area (TPSA) is 70.2 Å². The molecule has 0 radical (unpaired) electrons. The molecule has 7 heteroatoms. The van der Waals surface area contributed by atoms with Crippen molar-refractivity contribution in [3.63, 3.8) is 0 Å². The van der Waals surface area contributed by atoms with Crippen molar-refractivity contribution in [2.24, 2.45) is 0 Å². The highest BCUT2D eigenvalue weighted by Crippen LogP contribution is 2.25. The first-order valence-corrected chi connectivity index (χ1v) is 8.05. The molecule has 24 heavy (non-hydrogen) atoms. The van der Waals surface area contributed by atoms with Crippen LogP contribution in [0, 0.1) is 0 Å². The molecule has 0 spiro atoms. The number of carbonyl (C=O) groups is 2. The Kier molecular flexibility index (Phi) is 6.46. The van der Waals surface area contributed by atoms with Gasteiger partial charge < -0.3 is 16.0 Å². The van der Waals surface area contributed by atoms with Crippen molar-refractivity contribution in [3.05, 3.63) is 64.1 Å². The lowest BCUT2D eigenvalue weighted by Crippen LogP contribution is -2.39. The van der Waals surface area contributed by atoms with Crippen LogP contribution >= 0.6 is 23.2 Å². The van der Waals surface area contributed by atoms with E-state index in [2.05, 4.69) is 16.0 Å². The summed E-state index contributed by atoms with van der Waals surface area (Å²) in [4.78, 5) is 23.6. The lowest BCUT2D eigenvalue weighted by Gasteiger charge is -2.15. The van der Waals surface area contributed by atoms with E-state index in [-0.39, 0.29) is 18.5 Å². The first-order valence-electron chi connectivity index (χ1n) is 7.30. The highest BCUT2D eigenvalue weighted by molar-refractivity contribution is 6.42. The third-order valence-corrected chi connectivity index (χ3v) is 4.00. The van der Waals surface area contributed by atoms with E-state index < -0.39 is 6.03 Å². The number of amides is 3. The van der Waals surface area contributed by atoms with Crippen molar-refractivity contribution < 1.29 is 9.59 Å². The summed E-state index contributed by atoms with van der Waals surface area (Å²) in [6, 6.07) is 13.4. The van der Waals surface area contributed by atoms with Gasteiger partial charge in [0.25, 0.3) is 0 Å². The van der Waals surface area contributed by atoms with E-state index in [9.17, 15) is 9.59 Å². The normalized spacial score (nSPS) is 11.5. The molecule has 3 amide bonds. The maximum Gasteiger partial charge on any atom is 0.319 e. The molecule has 2 aromatic rings. The van der Waals surface area contributed by atoms with Gasteiger partial charge in [0.15, 0.2) is 0 Å². The molecule has 126 valence electrons. The highest BCUT2D eigenvalue weighted by Gasteiger charge is 2.12. The zero-order chi connectivity index (χ0) is 17.5. The zero-order valence-electron chi connectivity index (χ0n) is 13.0. The van der Waals surface area contributed by atoms with E-state index in [0.29, 0.717) is 15.7 Å². The van der Waals surface area contributed by atoms with Gasteiger partial charge in [0.1, 0.15) is 0 Å². The van der Waals surface area contributed by atoms with Gasteiger partial charge in [0.2, 0.25) is 5.91 Å². The van der Waals surface area contributed by atoms with Crippen LogP contribution in [0.5, 0.6) is 0 Å². The summed E-state index contributed by atoms with van der Waals surface area (Å²) in [5, 5.41) is 8.79. The number of halogens is 2. The Morgan fingerprint density at radius 1 is 1.04 bits per heavy atom. The minimum atomic E-state index is -0.446. The molecule has 0 bridgehead atoms. The Bertz CT molecular complexity index is 723. The number of anilines is 1. The SMILES string of the molecule is CC(NC(=O)CNC(=O)Nc1ccccc1)c1ccc(Cl)c(Cl)c1. The summed E-state index contributed by atoms with van der Waals surface area (Å²) in [6.07, 6.45) is 0. The Morgan fingerprint density at radius 2 is 1.75 bits per heavy atom. The molecule has 0 saturated carbocycles. The predicted molar refractivity (Wildman–Crippen MR) is 96.5 cm³/mol. The van der Waals surface area contributed by atoms with Crippen LogP contribution in [0.25, 0.3) is 0 Å². The zero-order valence-corrected chi connectivity index (χ0v) is 14.5. The number of rotatable bonds is 5. The Balaban J connectivity index is 1.80. The second kappa shape index (κ2) is 8.57. The fourth-order valence-corrected chi connectivity index (χ4v) is 2.32. The van der Waals surface area contributed by atoms with Crippen molar-refractivity contribution in [1.82, 2.24) is 10.6 Å². The van der Waals surface area contributed by atoms with Crippen molar-refractivity contribution in [1.29, 1.82) is 0 Å². The third kappa shape index (κ3) is 5.44. The molecule has 3 N–H and O–H groups in total. The summed E-state index contributed by atoms with van der Waals surface area (Å²) >= 11 is 11.8. The van der Waals surface area contributed by atoms with Crippen LogP contribution in [0.2, 0.25) is 10.0 Å². The number of benzene rings is 2. The number of hydrogen-bond acceptors (Lipinski definition) is 2. The van der Waals surface area contributed by atoms with Crippen LogP contribution < -0.4 is 16.0 Å². The van der Waals surface area contributed by atoms with E-state index in [4.69, 9.17) is 23.2 Å². The summed E-state index contributed by atoms with van der Waals surface area (Å²) in [5.41, 5.74) is 1.48.